The predicted molar refractivity (Wildman–Crippen MR) is 298 cm³/mol. The molecule has 16 nitrogen and oxygen atoms in total. The van der Waals surface area contributed by atoms with E-state index in [1.54, 1.807) is 71.8 Å². The Bertz CT molecular complexity index is 2920. The smallest absolute Gasteiger partial charge is 0.454 e. The number of aliphatic hydroxyl groups excluding tert-OH is 2. The van der Waals surface area contributed by atoms with Crippen LogP contribution in [0.2, 0.25) is 0 Å². The van der Waals surface area contributed by atoms with Crippen LogP contribution in [0.25, 0.3) is 5.69 Å². The number of phosphoric acid groups is 1. The van der Waals surface area contributed by atoms with Gasteiger partial charge in [0.25, 0.3) is 0 Å². The molecule has 4 saturated carbocycles. The van der Waals surface area contributed by atoms with Crippen LogP contribution in [-0.4, -0.2) is 99.1 Å². The van der Waals surface area contributed by atoms with Gasteiger partial charge in [0.2, 0.25) is 12.1 Å². The molecular weight excluding hydrogens is 1040 g/mol. The second-order valence-corrected chi connectivity index (χ2v) is 25.0. The Morgan fingerprint density at radius 2 is 1.70 bits per heavy atom. The van der Waals surface area contributed by atoms with Crippen LogP contribution in [0.4, 0.5) is 0 Å². The molecule has 0 bridgehead atoms. The van der Waals surface area contributed by atoms with E-state index < -0.39 is 61.4 Å². The number of phosphoric ester groups is 1. The fourth-order valence-corrected chi connectivity index (χ4v) is 15.2. The number of nitrogens with zero attached hydrogens (tertiary/aromatic N) is 2. The minimum absolute atomic E-state index is 0.00808. The van der Waals surface area contributed by atoms with Crippen molar-refractivity contribution in [2.45, 2.75) is 153 Å². The fraction of sp³-hybridized carbons (Fsp3) is 0.556. The van der Waals surface area contributed by atoms with Gasteiger partial charge in [0.15, 0.2) is 24.3 Å². The molecular formula is C63H81N3O13P+. The quantitative estimate of drug-likeness (QED) is 0.0181. The topological polar surface area (TPSA) is 216 Å². The molecule has 10 rings (SSSR count). The normalized spacial score (nSPS) is 28.6. The number of Topliss-reactive ketones (excluding diaryl/α,β-unsaturated/α-hetero) is 1. The van der Waals surface area contributed by atoms with Gasteiger partial charge in [-0.05, 0) is 149 Å². The lowest BCUT2D eigenvalue weighted by Gasteiger charge is -2.59. The molecule has 1 saturated heterocycles. The predicted octanol–water partition coefficient (Wildman–Crippen LogP) is 9.18. The average Bonchev–Trinajstić information content (AvgIpc) is 3.78. The zero-order valence-corrected chi connectivity index (χ0v) is 47.3. The summed E-state index contributed by atoms with van der Waals surface area (Å²) < 4.78 is 46.3. The van der Waals surface area contributed by atoms with Crippen molar-refractivity contribution >= 4 is 25.4 Å². The molecule has 5 N–H and O–H groups in total. The van der Waals surface area contributed by atoms with Crippen molar-refractivity contribution in [1.29, 1.82) is 0 Å². The Kier molecular flexibility index (Phi) is 18.3. The van der Waals surface area contributed by atoms with Gasteiger partial charge in [-0.3, -0.25) is 19.4 Å². The Balaban J connectivity index is 0.729. The third kappa shape index (κ3) is 12.6. The lowest BCUT2D eigenvalue weighted by Crippen LogP contribution is -2.63. The summed E-state index contributed by atoms with van der Waals surface area (Å²) in [6.07, 6.45) is 22.9. The van der Waals surface area contributed by atoms with Crippen LogP contribution >= 0.6 is 7.82 Å². The number of hydrogen-bond donors (Lipinski definition) is 5. The number of unbranched alkanes of at least 4 members (excludes halogenated alkanes) is 4. The SMILES string of the molecule is C[C@]12C=CC(=O)C=C1CCC1C2C(O)C[C@@]2(C)C1C[C@H]1O[C@@H](C3CCCCC3)O[C@]12C(=O)COC(=O)c1ccc(-n2cc[n+](Cc3cc(C(O)CNCCCCCCOCCCCc4ccccc4)ccc3OP(=O)(O)O)c2)cc1. The van der Waals surface area contributed by atoms with Crippen molar-refractivity contribution in [3.8, 4) is 11.4 Å². The van der Waals surface area contributed by atoms with Gasteiger partial charge in [-0.2, -0.15) is 0 Å². The van der Waals surface area contributed by atoms with Gasteiger partial charge in [-0.1, -0.05) is 94.0 Å². The third-order valence-corrected chi connectivity index (χ3v) is 19.2. The zero-order valence-electron chi connectivity index (χ0n) is 46.4. The van der Waals surface area contributed by atoms with E-state index in [4.69, 9.17) is 23.5 Å². The van der Waals surface area contributed by atoms with Gasteiger partial charge in [0.1, 0.15) is 30.4 Å². The molecule has 0 radical (unpaired) electrons. The first kappa shape index (κ1) is 58.1. The summed E-state index contributed by atoms with van der Waals surface area (Å²) in [6.45, 7) is 6.42. The van der Waals surface area contributed by atoms with E-state index in [2.05, 4.69) is 43.4 Å². The number of carbonyl (C=O) groups is 3. The van der Waals surface area contributed by atoms with E-state index in [1.165, 1.54) is 11.6 Å². The number of esters is 1. The Morgan fingerprint density at radius 1 is 0.938 bits per heavy atom. The van der Waals surface area contributed by atoms with Crippen LogP contribution in [0.1, 0.15) is 143 Å². The Hall–Kier alpha value is -5.13. The number of aromatic nitrogens is 2. The van der Waals surface area contributed by atoms with Crippen LogP contribution in [0.15, 0.2) is 115 Å². The summed E-state index contributed by atoms with van der Waals surface area (Å²) in [5.74, 6) is -0.993. The second-order valence-electron chi connectivity index (χ2n) is 23.9. The maximum absolute atomic E-state index is 15.0. The summed E-state index contributed by atoms with van der Waals surface area (Å²) in [4.78, 5) is 60.8. The number of fused-ring (bicyclic) bond motifs is 7. The van der Waals surface area contributed by atoms with Gasteiger partial charge in [-0.15, -0.1) is 0 Å². The number of aliphatic hydroxyl groups is 2. The average molecular weight is 1120 g/mol. The highest BCUT2D eigenvalue weighted by molar-refractivity contribution is 7.46. The minimum atomic E-state index is -4.91. The summed E-state index contributed by atoms with van der Waals surface area (Å²) in [5.41, 5.74) is 1.69. The van der Waals surface area contributed by atoms with Crippen LogP contribution in [0.3, 0.4) is 0 Å². The molecule has 10 atom stereocenters. The molecule has 1 aliphatic heterocycles. The molecule has 6 aliphatic rings. The maximum Gasteiger partial charge on any atom is 0.524 e. The van der Waals surface area contributed by atoms with Gasteiger partial charge < -0.3 is 39.0 Å². The molecule has 0 spiro atoms. The lowest BCUT2D eigenvalue weighted by molar-refractivity contribution is -0.687. The van der Waals surface area contributed by atoms with Crippen molar-refractivity contribution < 1.29 is 67.0 Å². The number of allylic oxidation sites excluding steroid dienone is 4. The van der Waals surface area contributed by atoms with Gasteiger partial charge in [0, 0.05) is 48.0 Å². The number of carbonyl (C=O) groups excluding carboxylic acids is 3. The van der Waals surface area contributed by atoms with E-state index in [1.807, 2.05) is 16.7 Å². The maximum atomic E-state index is 15.0. The molecule has 4 aromatic rings. The van der Waals surface area contributed by atoms with Crippen molar-refractivity contribution in [1.82, 2.24) is 9.88 Å². The molecule has 430 valence electrons. The van der Waals surface area contributed by atoms with E-state index >= 15 is 4.79 Å². The van der Waals surface area contributed by atoms with Gasteiger partial charge in [0.05, 0.1) is 23.9 Å². The first-order valence-electron chi connectivity index (χ1n) is 29.3. The molecule has 5 aliphatic carbocycles. The number of benzene rings is 3. The highest BCUT2D eigenvalue weighted by Gasteiger charge is 2.76. The van der Waals surface area contributed by atoms with Crippen molar-refractivity contribution in [2.75, 3.05) is 32.9 Å². The number of rotatable bonds is 25. The molecule has 1 aromatic heterocycles. The van der Waals surface area contributed by atoms with Crippen molar-refractivity contribution in [3.05, 3.63) is 138 Å². The Morgan fingerprint density at radius 3 is 2.48 bits per heavy atom. The number of hydrogen-bond acceptors (Lipinski definition) is 12. The number of aryl methyl sites for hydroxylation is 1. The largest absolute Gasteiger partial charge is 0.524 e. The molecule has 5 fully saturated rings. The second kappa shape index (κ2) is 25.2. The summed E-state index contributed by atoms with van der Waals surface area (Å²) in [5, 5.41) is 26.7. The first-order chi connectivity index (χ1) is 38.5. The van der Waals surface area contributed by atoms with Crippen molar-refractivity contribution in [3.63, 3.8) is 0 Å². The van der Waals surface area contributed by atoms with Crippen LogP contribution in [0.5, 0.6) is 5.75 Å². The summed E-state index contributed by atoms with van der Waals surface area (Å²) >= 11 is 0. The molecule has 80 heavy (non-hydrogen) atoms. The van der Waals surface area contributed by atoms with Crippen LogP contribution in [-0.2, 0) is 46.1 Å². The first-order valence-corrected chi connectivity index (χ1v) is 30.8. The number of nitrogens with one attached hydrogen (secondary N) is 1. The lowest BCUT2D eigenvalue weighted by atomic mass is 9.46. The molecule has 3 aromatic carbocycles. The summed E-state index contributed by atoms with van der Waals surface area (Å²) in [7, 11) is -4.91. The molecule has 17 heteroatoms. The molecule has 2 heterocycles. The van der Waals surface area contributed by atoms with Crippen LogP contribution in [0, 0.1) is 34.5 Å². The zero-order chi connectivity index (χ0) is 56.1. The third-order valence-electron chi connectivity index (χ3n) is 18.7. The minimum Gasteiger partial charge on any atom is -0.454 e. The standard InChI is InChI=1S/C63H80N3O13P/c1-61-29-28-50(67)36-48(61)23-26-51-52-37-57-63(62(52,2)38-53(68)58(51)61,78-60(77-57)45-18-9-6-10-19-45)56(70)41-76-59(71)44-20-24-49(25-21-44)66-32-31-65(42-66)40-47-35-46(22-27-55(47)79-80(72,73)74)54(69)39-64-30-12-3-4-13-33-75-34-14-11-17-43-15-7-5-8-16-43/h5,7-8,15-16,20-22,24-25,27-29,31-32,35-36,42,45,51-54,57-58,60,64,68-69H,3-4,6,9-14,17-19,23,26,30,33-34,37-41H2,1-2H3,(H-,72,73,74)/p+1/t51?,52?,53?,54?,57-,58?,60-,61+,62+,63-/m1/s1. The summed E-state index contributed by atoms with van der Waals surface area (Å²) in [6, 6.07) is 22.0. The highest BCUT2D eigenvalue weighted by atomic mass is 31.2. The molecule has 5 unspecified atom stereocenters. The van der Waals surface area contributed by atoms with Crippen LogP contribution < -0.4 is 14.4 Å². The van der Waals surface area contributed by atoms with E-state index in [-0.39, 0.29) is 53.1 Å². The van der Waals surface area contributed by atoms with E-state index in [9.17, 15) is 34.2 Å². The van der Waals surface area contributed by atoms with E-state index in [0.717, 1.165) is 115 Å². The number of ether oxygens (including phenoxy) is 4. The number of imidazole rings is 1. The van der Waals surface area contributed by atoms with E-state index in [0.29, 0.717) is 36.2 Å². The van der Waals surface area contributed by atoms with Gasteiger partial charge in [-0.25, -0.2) is 18.5 Å². The Labute approximate surface area is 470 Å². The highest BCUT2D eigenvalue weighted by Crippen LogP contribution is 2.70. The molecule has 0 amide bonds. The van der Waals surface area contributed by atoms with Gasteiger partial charge >= 0.3 is 13.8 Å². The fourth-order valence-electron chi connectivity index (χ4n) is 14.7. The number of ketones is 2. The van der Waals surface area contributed by atoms with Crippen molar-refractivity contribution in [2.24, 2.45) is 34.5 Å². The monoisotopic (exact) mass is 1120 g/mol.